The van der Waals surface area contributed by atoms with Gasteiger partial charge in [-0.2, -0.15) is 0 Å². The van der Waals surface area contributed by atoms with Crippen LogP contribution in [0.25, 0.3) is 11.4 Å². The molecule has 0 radical (unpaired) electrons. The third-order valence-electron chi connectivity index (χ3n) is 5.53. The van der Waals surface area contributed by atoms with E-state index in [-0.39, 0.29) is 17.4 Å². The number of amides is 1. The van der Waals surface area contributed by atoms with Crippen LogP contribution in [0.5, 0.6) is 0 Å². The molecule has 0 unspecified atom stereocenters. The predicted molar refractivity (Wildman–Crippen MR) is 104 cm³/mol. The molecule has 1 fully saturated rings. The molecule has 1 atom stereocenters. The van der Waals surface area contributed by atoms with E-state index in [1.165, 1.54) is 0 Å². The maximum Gasteiger partial charge on any atom is 0.272 e. The SMILES string of the molecule is C[C@@]1(NC(=O)c2nc(-c3ccccc3)n3c2CCCCC3)CCS(=O)(=O)C1. The highest BCUT2D eigenvalue weighted by atomic mass is 32.2. The third-order valence-corrected chi connectivity index (χ3v) is 7.44. The Morgan fingerprint density at radius 3 is 2.67 bits per heavy atom. The van der Waals surface area contributed by atoms with E-state index in [1.807, 2.05) is 37.3 Å². The number of nitrogens with zero attached hydrogens (tertiary/aromatic N) is 2. The van der Waals surface area contributed by atoms with Gasteiger partial charge in [0.2, 0.25) is 0 Å². The zero-order valence-corrected chi connectivity index (χ0v) is 16.4. The van der Waals surface area contributed by atoms with E-state index < -0.39 is 15.4 Å². The summed E-state index contributed by atoms with van der Waals surface area (Å²) in [6.07, 6.45) is 4.50. The van der Waals surface area contributed by atoms with Gasteiger partial charge >= 0.3 is 0 Å². The predicted octanol–water partition coefficient (Wildman–Crippen LogP) is 2.58. The van der Waals surface area contributed by atoms with Crippen LogP contribution in [0, 0.1) is 0 Å². The van der Waals surface area contributed by atoms with Crippen LogP contribution >= 0.6 is 0 Å². The van der Waals surface area contributed by atoms with Crippen LogP contribution in [0.15, 0.2) is 30.3 Å². The summed E-state index contributed by atoms with van der Waals surface area (Å²) in [6, 6.07) is 9.92. The molecule has 2 aromatic rings. The molecule has 1 aromatic carbocycles. The van der Waals surface area contributed by atoms with Gasteiger partial charge in [-0.05, 0) is 32.6 Å². The summed E-state index contributed by atoms with van der Waals surface area (Å²) in [5.41, 5.74) is 1.69. The van der Waals surface area contributed by atoms with Gasteiger partial charge in [0, 0.05) is 12.1 Å². The van der Waals surface area contributed by atoms with Crippen molar-refractivity contribution in [1.29, 1.82) is 0 Å². The van der Waals surface area contributed by atoms with E-state index >= 15 is 0 Å². The Hall–Kier alpha value is -2.15. The molecular weight excluding hydrogens is 362 g/mol. The van der Waals surface area contributed by atoms with Gasteiger partial charge in [0.1, 0.15) is 11.5 Å². The first-order valence-electron chi connectivity index (χ1n) is 9.55. The van der Waals surface area contributed by atoms with Crippen LogP contribution in [-0.2, 0) is 22.8 Å². The lowest BCUT2D eigenvalue weighted by Gasteiger charge is -2.23. The number of aromatic nitrogens is 2. The van der Waals surface area contributed by atoms with E-state index in [1.54, 1.807) is 0 Å². The van der Waals surface area contributed by atoms with E-state index in [2.05, 4.69) is 9.88 Å². The van der Waals surface area contributed by atoms with E-state index in [0.717, 1.165) is 49.3 Å². The highest BCUT2D eigenvalue weighted by Crippen LogP contribution is 2.28. The number of carbonyl (C=O) groups is 1. The minimum atomic E-state index is -3.08. The standard InChI is InChI=1S/C20H25N3O3S/c1-20(11-13-27(25,26)14-20)22-19(24)17-16-10-6-3-7-12-23(16)18(21-17)15-8-4-2-5-9-15/h2,4-5,8-9H,3,6-7,10-14H2,1H3,(H,22,24)/t20-/m1/s1. The zero-order chi connectivity index (χ0) is 19.1. The number of imidazole rings is 1. The molecular formula is C20H25N3O3S. The van der Waals surface area contributed by atoms with Crippen LogP contribution in [-0.4, -0.2) is 40.9 Å². The lowest BCUT2D eigenvalue weighted by Crippen LogP contribution is -2.47. The molecule has 0 saturated carbocycles. The van der Waals surface area contributed by atoms with Crippen LogP contribution in [0.4, 0.5) is 0 Å². The molecule has 1 amide bonds. The second kappa shape index (κ2) is 6.78. The second-order valence-electron chi connectivity index (χ2n) is 7.92. The van der Waals surface area contributed by atoms with Crippen LogP contribution in [0.3, 0.4) is 0 Å². The lowest BCUT2D eigenvalue weighted by atomic mass is 10.0. The van der Waals surface area contributed by atoms with Crippen LogP contribution in [0.1, 0.15) is 48.8 Å². The summed E-state index contributed by atoms with van der Waals surface area (Å²) in [5, 5.41) is 2.97. The largest absolute Gasteiger partial charge is 0.344 e. The van der Waals surface area contributed by atoms with Gasteiger partial charge in [-0.3, -0.25) is 4.79 Å². The second-order valence-corrected chi connectivity index (χ2v) is 10.1. The van der Waals surface area contributed by atoms with Crippen molar-refractivity contribution in [2.24, 2.45) is 0 Å². The molecule has 4 rings (SSSR count). The van der Waals surface area contributed by atoms with E-state index in [9.17, 15) is 13.2 Å². The number of carbonyl (C=O) groups excluding carboxylic acids is 1. The molecule has 0 bridgehead atoms. The number of hydrogen-bond donors (Lipinski definition) is 1. The molecule has 3 heterocycles. The number of sulfone groups is 1. The van der Waals surface area contributed by atoms with E-state index in [4.69, 9.17) is 4.98 Å². The Bertz CT molecular complexity index is 966. The Balaban J connectivity index is 1.70. The quantitative estimate of drug-likeness (QED) is 0.878. The van der Waals surface area contributed by atoms with Crippen molar-refractivity contribution in [2.75, 3.05) is 11.5 Å². The van der Waals surface area contributed by atoms with Crippen molar-refractivity contribution in [1.82, 2.24) is 14.9 Å². The summed E-state index contributed by atoms with van der Waals surface area (Å²) < 4.78 is 25.9. The molecule has 144 valence electrons. The van der Waals surface area contributed by atoms with Crippen molar-refractivity contribution in [2.45, 2.75) is 51.1 Å². The van der Waals surface area contributed by atoms with Gasteiger partial charge < -0.3 is 9.88 Å². The Kier molecular flexibility index (Phi) is 4.58. The maximum atomic E-state index is 13.1. The van der Waals surface area contributed by atoms with Crippen molar-refractivity contribution < 1.29 is 13.2 Å². The zero-order valence-electron chi connectivity index (χ0n) is 15.6. The smallest absolute Gasteiger partial charge is 0.272 e. The lowest BCUT2D eigenvalue weighted by molar-refractivity contribution is 0.0909. The molecule has 0 spiro atoms. The summed E-state index contributed by atoms with van der Waals surface area (Å²) in [7, 11) is -3.08. The topological polar surface area (TPSA) is 81.1 Å². The molecule has 7 heteroatoms. The highest BCUT2D eigenvalue weighted by molar-refractivity contribution is 7.91. The maximum absolute atomic E-state index is 13.1. The normalized spacial score (nSPS) is 24.2. The summed E-state index contributed by atoms with van der Waals surface area (Å²) in [5.74, 6) is 0.678. The number of fused-ring (bicyclic) bond motifs is 1. The first-order valence-corrected chi connectivity index (χ1v) is 11.4. The van der Waals surface area contributed by atoms with Gasteiger partial charge in [-0.1, -0.05) is 36.8 Å². The van der Waals surface area contributed by atoms with Crippen LogP contribution in [0.2, 0.25) is 0 Å². The fourth-order valence-corrected chi connectivity index (χ4v) is 6.24. The number of benzene rings is 1. The van der Waals surface area contributed by atoms with Gasteiger partial charge in [-0.15, -0.1) is 0 Å². The minimum absolute atomic E-state index is 0.00662. The number of rotatable bonds is 3. The van der Waals surface area contributed by atoms with Crippen molar-refractivity contribution in [3.8, 4) is 11.4 Å². The van der Waals surface area contributed by atoms with Gasteiger partial charge in [0.05, 0.1) is 22.7 Å². The van der Waals surface area contributed by atoms with Gasteiger partial charge in [-0.25, -0.2) is 13.4 Å². The highest BCUT2D eigenvalue weighted by Gasteiger charge is 2.40. The Morgan fingerprint density at radius 2 is 1.96 bits per heavy atom. The van der Waals surface area contributed by atoms with E-state index in [0.29, 0.717) is 12.1 Å². The molecule has 6 nitrogen and oxygen atoms in total. The van der Waals surface area contributed by atoms with Crippen molar-refractivity contribution >= 4 is 15.7 Å². The monoisotopic (exact) mass is 387 g/mol. The molecule has 1 N–H and O–H groups in total. The molecule has 27 heavy (non-hydrogen) atoms. The Labute approximate surface area is 159 Å². The number of nitrogens with one attached hydrogen (secondary N) is 1. The van der Waals surface area contributed by atoms with Crippen LogP contribution < -0.4 is 5.32 Å². The van der Waals surface area contributed by atoms with Crippen molar-refractivity contribution in [3.63, 3.8) is 0 Å². The molecule has 1 aromatic heterocycles. The average Bonchev–Trinajstić information content (AvgIpc) is 3.01. The molecule has 0 aliphatic carbocycles. The summed E-state index contributed by atoms with van der Waals surface area (Å²) in [6.45, 7) is 2.66. The molecule has 2 aliphatic heterocycles. The minimum Gasteiger partial charge on any atom is -0.344 e. The van der Waals surface area contributed by atoms with Crippen molar-refractivity contribution in [3.05, 3.63) is 41.7 Å². The first kappa shape index (κ1) is 18.2. The molecule has 2 aliphatic rings. The summed E-state index contributed by atoms with van der Waals surface area (Å²) >= 11 is 0. The fourth-order valence-electron chi connectivity index (χ4n) is 4.15. The fraction of sp³-hybridized carbons (Fsp3) is 0.500. The first-order chi connectivity index (χ1) is 12.9. The summed E-state index contributed by atoms with van der Waals surface area (Å²) in [4.78, 5) is 17.8. The third kappa shape index (κ3) is 3.65. The molecule has 1 saturated heterocycles. The van der Waals surface area contributed by atoms with Gasteiger partial charge in [0.15, 0.2) is 9.84 Å². The van der Waals surface area contributed by atoms with Gasteiger partial charge in [0.25, 0.3) is 5.91 Å². The average molecular weight is 388 g/mol. The number of hydrogen-bond acceptors (Lipinski definition) is 4. The Morgan fingerprint density at radius 1 is 1.19 bits per heavy atom.